The van der Waals surface area contributed by atoms with Crippen molar-refractivity contribution in [3.63, 3.8) is 0 Å². The molecule has 0 radical (unpaired) electrons. The quantitative estimate of drug-likeness (QED) is 0.556. The highest BCUT2D eigenvalue weighted by molar-refractivity contribution is 7.80. The predicted octanol–water partition coefficient (Wildman–Crippen LogP) is 3.01. The largest absolute Gasteiger partial charge is 0.493 e. The van der Waals surface area contributed by atoms with Gasteiger partial charge < -0.3 is 24.4 Å². The van der Waals surface area contributed by atoms with Crippen LogP contribution in [0.2, 0.25) is 0 Å². The number of nitrogens with one attached hydrogen (secondary N) is 1. The molecule has 1 heterocycles. The van der Waals surface area contributed by atoms with Gasteiger partial charge in [-0.3, -0.25) is 4.90 Å². The van der Waals surface area contributed by atoms with Crippen LogP contribution in [0.4, 0.5) is 5.69 Å². The van der Waals surface area contributed by atoms with Gasteiger partial charge in [0, 0.05) is 44.0 Å². The first-order chi connectivity index (χ1) is 14.5. The summed E-state index contributed by atoms with van der Waals surface area (Å²) in [5.41, 5.74) is 2.46. The van der Waals surface area contributed by atoms with E-state index in [-0.39, 0.29) is 5.97 Å². The smallest absolute Gasteiger partial charge is 0.337 e. The number of ether oxygens (including phenoxy) is 3. The van der Waals surface area contributed by atoms with Crippen LogP contribution >= 0.6 is 12.2 Å². The van der Waals surface area contributed by atoms with E-state index in [0.29, 0.717) is 10.7 Å². The fraction of sp³-hybridized carbons (Fsp3) is 0.364. The monoisotopic (exact) mass is 429 g/mol. The molecule has 0 amide bonds. The number of piperazine rings is 1. The first-order valence-electron chi connectivity index (χ1n) is 9.72. The van der Waals surface area contributed by atoms with Crippen LogP contribution in [-0.2, 0) is 11.3 Å². The molecular weight excluding hydrogens is 402 g/mol. The van der Waals surface area contributed by atoms with E-state index in [4.69, 9.17) is 26.4 Å². The molecule has 0 aliphatic carbocycles. The van der Waals surface area contributed by atoms with Gasteiger partial charge in [-0.15, -0.1) is 0 Å². The number of rotatable bonds is 6. The number of anilines is 1. The van der Waals surface area contributed by atoms with E-state index in [1.165, 1.54) is 7.11 Å². The summed E-state index contributed by atoms with van der Waals surface area (Å²) < 4.78 is 15.7. The van der Waals surface area contributed by atoms with E-state index in [1.54, 1.807) is 26.4 Å². The van der Waals surface area contributed by atoms with Crippen molar-refractivity contribution in [3.8, 4) is 11.5 Å². The zero-order valence-electron chi connectivity index (χ0n) is 17.5. The van der Waals surface area contributed by atoms with Crippen LogP contribution < -0.4 is 14.8 Å². The minimum absolute atomic E-state index is 0.354. The molecule has 1 N–H and O–H groups in total. The minimum Gasteiger partial charge on any atom is -0.493 e. The normalized spacial score (nSPS) is 14.2. The number of benzene rings is 2. The van der Waals surface area contributed by atoms with Gasteiger partial charge >= 0.3 is 5.97 Å². The predicted molar refractivity (Wildman–Crippen MR) is 120 cm³/mol. The summed E-state index contributed by atoms with van der Waals surface area (Å²) in [5.74, 6) is 1.18. The number of thiocarbonyl (C=S) groups is 1. The van der Waals surface area contributed by atoms with Crippen LogP contribution in [0.15, 0.2) is 42.5 Å². The molecule has 0 saturated carbocycles. The molecule has 8 heteroatoms. The highest BCUT2D eigenvalue weighted by atomic mass is 32.1. The molecule has 30 heavy (non-hydrogen) atoms. The van der Waals surface area contributed by atoms with Crippen molar-refractivity contribution in [2.24, 2.45) is 0 Å². The Bertz CT molecular complexity index is 880. The van der Waals surface area contributed by atoms with Gasteiger partial charge in [-0.25, -0.2) is 4.79 Å². The molecule has 0 atom stereocenters. The van der Waals surface area contributed by atoms with Crippen LogP contribution in [0.1, 0.15) is 15.9 Å². The topological polar surface area (TPSA) is 63.3 Å². The van der Waals surface area contributed by atoms with Gasteiger partial charge in [0.1, 0.15) is 0 Å². The molecule has 2 aromatic carbocycles. The van der Waals surface area contributed by atoms with Gasteiger partial charge in [0.2, 0.25) is 0 Å². The van der Waals surface area contributed by atoms with E-state index in [2.05, 4.69) is 21.2 Å². The third kappa shape index (κ3) is 5.20. The van der Waals surface area contributed by atoms with Crippen LogP contribution in [0, 0.1) is 0 Å². The van der Waals surface area contributed by atoms with Crippen LogP contribution in [0.25, 0.3) is 0 Å². The number of nitrogens with zero attached hydrogens (tertiary/aromatic N) is 2. The SMILES string of the molecule is COC(=O)c1ccc(NC(=S)N2CCN(Cc3cccc(OC)c3OC)CC2)cc1. The summed E-state index contributed by atoms with van der Waals surface area (Å²) in [7, 11) is 4.69. The Hall–Kier alpha value is -2.84. The molecule has 7 nitrogen and oxygen atoms in total. The maximum Gasteiger partial charge on any atom is 0.337 e. The molecule has 0 aromatic heterocycles. The summed E-state index contributed by atoms with van der Waals surface area (Å²) in [6.45, 7) is 4.24. The van der Waals surface area contributed by atoms with Crippen molar-refractivity contribution in [3.05, 3.63) is 53.6 Å². The highest BCUT2D eigenvalue weighted by Gasteiger charge is 2.21. The summed E-state index contributed by atoms with van der Waals surface area (Å²) in [5, 5.41) is 3.92. The van der Waals surface area contributed by atoms with E-state index < -0.39 is 0 Å². The number of methoxy groups -OCH3 is 3. The standard InChI is InChI=1S/C22H27N3O4S/c1-27-19-6-4-5-17(20(19)28-2)15-24-11-13-25(14-12-24)22(30)23-18-9-7-16(8-10-18)21(26)29-3/h4-10H,11-15H2,1-3H3,(H,23,30). The molecule has 2 aromatic rings. The lowest BCUT2D eigenvalue weighted by atomic mass is 10.1. The second-order valence-electron chi connectivity index (χ2n) is 6.91. The van der Waals surface area contributed by atoms with Crippen molar-refractivity contribution in [1.29, 1.82) is 0 Å². The van der Waals surface area contributed by atoms with Gasteiger partial charge in [0.15, 0.2) is 16.6 Å². The number of hydrogen-bond acceptors (Lipinski definition) is 6. The third-order valence-electron chi connectivity index (χ3n) is 5.10. The van der Waals surface area contributed by atoms with Gasteiger partial charge in [-0.1, -0.05) is 12.1 Å². The maximum atomic E-state index is 11.5. The van der Waals surface area contributed by atoms with Crippen molar-refractivity contribution in [1.82, 2.24) is 9.80 Å². The van der Waals surface area contributed by atoms with Crippen molar-refractivity contribution >= 4 is 29.0 Å². The molecular formula is C22H27N3O4S. The Labute approximate surface area is 182 Å². The van der Waals surface area contributed by atoms with E-state index in [9.17, 15) is 4.79 Å². The van der Waals surface area contributed by atoms with E-state index >= 15 is 0 Å². The van der Waals surface area contributed by atoms with Gasteiger partial charge in [0.25, 0.3) is 0 Å². The molecule has 1 fully saturated rings. The Balaban J connectivity index is 1.53. The summed E-state index contributed by atoms with van der Waals surface area (Å²) in [6, 6.07) is 13.0. The number of esters is 1. The minimum atomic E-state index is -0.354. The Morgan fingerprint density at radius 2 is 1.70 bits per heavy atom. The number of carbonyl (C=O) groups is 1. The van der Waals surface area contributed by atoms with Crippen LogP contribution in [-0.4, -0.2) is 68.4 Å². The van der Waals surface area contributed by atoms with Crippen LogP contribution in [0.3, 0.4) is 0 Å². The number of carbonyl (C=O) groups excluding carboxylic acids is 1. The van der Waals surface area contributed by atoms with Crippen molar-refractivity contribution in [2.45, 2.75) is 6.54 Å². The Kier molecular flexibility index (Phi) is 7.48. The number of para-hydroxylation sites is 1. The second-order valence-corrected chi connectivity index (χ2v) is 7.30. The molecule has 0 spiro atoms. The molecule has 1 aliphatic heterocycles. The van der Waals surface area contributed by atoms with Crippen LogP contribution in [0.5, 0.6) is 11.5 Å². The lowest BCUT2D eigenvalue weighted by Gasteiger charge is -2.36. The zero-order chi connectivity index (χ0) is 21.5. The Morgan fingerprint density at radius 1 is 1.00 bits per heavy atom. The van der Waals surface area contributed by atoms with Gasteiger partial charge in [0.05, 0.1) is 26.9 Å². The van der Waals surface area contributed by atoms with E-state index in [1.807, 2.05) is 24.3 Å². The average Bonchev–Trinajstić information content (AvgIpc) is 2.79. The average molecular weight is 430 g/mol. The lowest BCUT2D eigenvalue weighted by Crippen LogP contribution is -2.49. The molecule has 1 aliphatic rings. The van der Waals surface area contributed by atoms with E-state index in [0.717, 1.165) is 55.5 Å². The first-order valence-corrected chi connectivity index (χ1v) is 10.1. The first kappa shape index (κ1) is 21.9. The second kappa shape index (κ2) is 10.3. The van der Waals surface area contributed by atoms with Crippen molar-refractivity contribution < 1.29 is 19.0 Å². The molecule has 1 saturated heterocycles. The summed E-state index contributed by atoms with van der Waals surface area (Å²) in [4.78, 5) is 16.1. The molecule has 160 valence electrons. The summed E-state index contributed by atoms with van der Waals surface area (Å²) >= 11 is 5.57. The summed E-state index contributed by atoms with van der Waals surface area (Å²) in [6.07, 6.45) is 0. The van der Waals surface area contributed by atoms with Gasteiger partial charge in [-0.05, 0) is 42.5 Å². The molecule has 3 rings (SSSR count). The lowest BCUT2D eigenvalue weighted by molar-refractivity contribution is 0.0601. The van der Waals surface area contributed by atoms with Gasteiger partial charge in [-0.2, -0.15) is 0 Å². The fourth-order valence-corrected chi connectivity index (χ4v) is 3.74. The maximum absolute atomic E-state index is 11.5. The fourth-order valence-electron chi connectivity index (χ4n) is 3.44. The molecule has 0 bridgehead atoms. The zero-order valence-corrected chi connectivity index (χ0v) is 18.3. The van der Waals surface area contributed by atoms with Crippen molar-refractivity contribution in [2.75, 3.05) is 52.8 Å². The highest BCUT2D eigenvalue weighted by Crippen LogP contribution is 2.31. The Morgan fingerprint density at radius 3 is 2.30 bits per heavy atom. The number of hydrogen-bond donors (Lipinski definition) is 1. The molecule has 0 unspecified atom stereocenters. The third-order valence-corrected chi connectivity index (χ3v) is 5.46.